The van der Waals surface area contributed by atoms with Crippen molar-refractivity contribution in [1.29, 1.82) is 0 Å². The molecule has 39 heavy (non-hydrogen) atoms. The third-order valence-corrected chi connectivity index (χ3v) is 7.55. The van der Waals surface area contributed by atoms with Crippen LogP contribution < -0.4 is 10.1 Å². The van der Waals surface area contributed by atoms with E-state index in [1.807, 2.05) is 18.2 Å². The fourth-order valence-electron chi connectivity index (χ4n) is 5.24. The molecule has 1 aliphatic carbocycles. The number of carbonyl (C=O) groups excluding carboxylic acids is 2. The quantitative estimate of drug-likeness (QED) is 0.327. The van der Waals surface area contributed by atoms with E-state index in [0.717, 1.165) is 37.3 Å². The first kappa shape index (κ1) is 27.0. The first-order valence-electron chi connectivity index (χ1n) is 12.9. The standard InChI is InChI=1S/C29H27ClF3N3O3/c30-24-15-20(29(31,32)33)16-34-27(24)39-22-12-10-21(11-13-22)35-26(37)25(14-18-6-2-1-3-7-18)36-17-19-8-4-5-9-23(19)28(36)38/h4-5,8-13,15-16,18,25H,1-3,6-7,14,17H2,(H,35,37)/t25-/m1/s1. The average Bonchev–Trinajstić information content (AvgIpc) is 3.25. The molecule has 1 N–H and O–H groups in total. The van der Waals surface area contributed by atoms with Crippen molar-refractivity contribution in [3.63, 3.8) is 0 Å². The number of hydrogen-bond acceptors (Lipinski definition) is 4. The number of anilines is 1. The van der Waals surface area contributed by atoms with Crippen LogP contribution in [0.1, 0.15) is 60.0 Å². The molecule has 3 aromatic rings. The number of hydrogen-bond donors (Lipinski definition) is 1. The van der Waals surface area contributed by atoms with Crippen molar-refractivity contribution >= 4 is 29.1 Å². The Hall–Kier alpha value is -3.59. The number of halogens is 4. The summed E-state index contributed by atoms with van der Waals surface area (Å²) in [5.41, 5.74) is 1.08. The van der Waals surface area contributed by atoms with E-state index in [9.17, 15) is 22.8 Å². The van der Waals surface area contributed by atoms with Crippen LogP contribution in [0.2, 0.25) is 5.02 Å². The van der Waals surface area contributed by atoms with E-state index in [1.54, 1.807) is 35.2 Å². The molecule has 2 aromatic carbocycles. The number of nitrogens with one attached hydrogen (secondary N) is 1. The number of alkyl halides is 3. The SMILES string of the molecule is O=C(Nc1ccc(Oc2ncc(C(F)(F)F)cc2Cl)cc1)[C@@H](CC1CCCCC1)N1Cc2ccccc2C1=O. The Bertz CT molecular complexity index is 1360. The molecule has 0 radical (unpaired) electrons. The Labute approximate surface area is 229 Å². The van der Waals surface area contributed by atoms with Crippen molar-refractivity contribution in [2.45, 2.75) is 57.3 Å². The van der Waals surface area contributed by atoms with Crippen LogP contribution in [0.15, 0.2) is 60.8 Å². The summed E-state index contributed by atoms with van der Waals surface area (Å²) in [7, 11) is 0. The molecule has 5 rings (SSSR count). The van der Waals surface area contributed by atoms with Crippen molar-refractivity contribution < 1.29 is 27.5 Å². The Morgan fingerprint density at radius 3 is 2.49 bits per heavy atom. The molecule has 204 valence electrons. The number of benzene rings is 2. The molecule has 2 amide bonds. The van der Waals surface area contributed by atoms with Crippen LogP contribution in [0.5, 0.6) is 11.6 Å². The largest absolute Gasteiger partial charge is 0.438 e. The molecule has 1 atom stereocenters. The molecule has 0 saturated heterocycles. The monoisotopic (exact) mass is 557 g/mol. The molecular weight excluding hydrogens is 531 g/mol. The van der Waals surface area contributed by atoms with Gasteiger partial charge < -0.3 is 15.0 Å². The molecule has 1 saturated carbocycles. The minimum atomic E-state index is -4.56. The van der Waals surface area contributed by atoms with Gasteiger partial charge in [-0.15, -0.1) is 0 Å². The van der Waals surface area contributed by atoms with Gasteiger partial charge in [0.05, 0.1) is 5.56 Å². The highest BCUT2D eigenvalue weighted by Crippen LogP contribution is 2.35. The molecule has 1 fully saturated rings. The summed E-state index contributed by atoms with van der Waals surface area (Å²) in [6, 6.07) is 13.9. The molecule has 6 nitrogen and oxygen atoms in total. The third-order valence-electron chi connectivity index (χ3n) is 7.28. The van der Waals surface area contributed by atoms with Gasteiger partial charge in [0.15, 0.2) is 0 Å². The van der Waals surface area contributed by atoms with E-state index in [0.29, 0.717) is 36.3 Å². The second kappa shape index (κ2) is 11.3. The number of nitrogens with zero attached hydrogens (tertiary/aromatic N) is 2. The number of rotatable bonds is 7. The van der Waals surface area contributed by atoms with E-state index in [4.69, 9.17) is 16.3 Å². The number of aromatic nitrogens is 1. The van der Waals surface area contributed by atoms with Gasteiger partial charge in [0.2, 0.25) is 11.8 Å². The minimum absolute atomic E-state index is 0.133. The molecule has 0 spiro atoms. The minimum Gasteiger partial charge on any atom is -0.438 e. The van der Waals surface area contributed by atoms with Crippen LogP contribution in [0.4, 0.5) is 18.9 Å². The lowest BCUT2D eigenvalue weighted by Crippen LogP contribution is -2.45. The molecule has 0 unspecified atom stereocenters. The van der Waals surface area contributed by atoms with E-state index < -0.39 is 17.8 Å². The Morgan fingerprint density at radius 2 is 1.82 bits per heavy atom. The van der Waals surface area contributed by atoms with Crippen LogP contribution in [-0.4, -0.2) is 27.7 Å². The van der Waals surface area contributed by atoms with Gasteiger partial charge in [-0.1, -0.05) is 61.9 Å². The second-order valence-electron chi connectivity index (χ2n) is 9.97. The van der Waals surface area contributed by atoms with Crippen LogP contribution in [0, 0.1) is 5.92 Å². The van der Waals surface area contributed by atoms with E-state index in [-0.39, 0.29) is 28.5 Å². The summed E-state index contributed by atoms with van der Waals surface area (Å²) in [6.07, 6.45) is 2.25. The summed E-state index contributed by atoms with van der Waals surface area (Å²) in [5, 5.41) is 2.65. The zero-order chi connectivity index (χ0) is 27.6. The van der Waals surface area contributed by atoms with Crippen molar-refractivity contribution in [1.82, 2.24) is 9.88 Å². The van der Waals surface area contributed by atoms with Crippen molar-refractivity contribution in [3.05, 3.63) is 82.5 Å². The summed E-state index contributed by atoms with van der Waals surface area (Å²) >= 11 is 5.93. The first-order valence-corrected chi connectivity index (χ1v) is 13.3. The van der Waals surface area contributed by atoms with Gasteiger partial charge in [0.1, 0.15) is 16.8 Å². The number of ether oxygens (including phenoxy) is 1. The second-order valence-corrected chi connectivity index (χ2v) is 10.4. The van der Waals surface area contributed by atoms with E-state index in [1.165, 1.54) is 6.42 Å². The average molecular weight is 558 g/mol. The Balaban J connectivity index is 1.29. The molecule has 2 heterocycles. The highest BCUT2D eigenvalue weighted by atomic mass is 35.5. The van der Waals surface area contributed by atoms with E-state index >= 15 is 0 Å². The van der Waals surface area contributed by atoms with Crippen LogP contribution in [0.3, 0.4) is 0 Å². The highest BCUT2D eigenvalue weighted by molar-refractivity contribution is 6.31. The Morgan fingerprint density at radius 1 is 1.10 bits per heavy atom. The number of amides is 2. The van der Waals surface area contributed by atoms with Gasteiger partial charge in [-0.05, 0) is 54.3 Å². The van der Waals surface area contributed by atoms with Crippen LogP contribution >= 0.6 is 11.6 Å². The predicted octanol–water partition coefficient (Wildman–Crippen LogP) is 7.48. The summed E-state index contributed by atoms with van der Waals surface area (Å²) in [5.74, 6) is 0.101. The maximum Gasteiger partial charge on any atom is 0.417 e. The van der Waals surface area contributed by atoms with Gasteiger partial charge in [0.25, 0.3) is 5.91 Å². The lowest BCUT2D eigenvalue weighted by Gasteiger charge is -2.31. The summed E-state index contributed by atoms with van der Waals surface area (Å²) in [4.78, 5) is 32.1. The van der Waals surface area contributed by atoms with Gasteiger partial charge >= 0.3 is 6.18 Å². The van der Waals surface area contributed by atoms with Gasteiger partial charge in [-0.3, -0.25) is 9.59 Å². The molecular formula is C29H27ClF3N3O3. The number of fused-ring (bicyclic) bond motifs is 1. The molecule has 2 aliphatic rings. The topological polar surface area (TPSA) is 71.5 Å². The molecule has 0 bridgehead atoms. The summed E-state index contributed by atoms with van der Waals surface area (Å²) < 4.78 is 44.1. The Kier molecular flexibility index (Phi) is 7.79. The van der Waals surface area contributed by atoms with Gasteiger partial charge in [-0.25, -0.2) is 4.98 Å². The number of pyridine rings is 1. The fraction of sp³-hybridized carbons (Fsp3) is 0.345. The molecule has 1 aromatic heterocycles. The zero-order valence-electron chi connectivity index (χ0n) is 21.0. The van der Waals surface area contributed by atoms with E-state index in [2.05, 4.69) is 10.3 Å². The third kappa shape index (κ3) is 6.19. The lowest BCUT2D eigenvalue weighted by molar-refractivity contribution is -0.137. The zero-order valence-corrected chi connectivity index (χ0v) is 21.8. The van der Waals surface area contributed by atoms with Crippen molar-refractivity contribution in [3.8, 4) is 11.6 Å². The fourth-order valence-corrected chi connectivity index (χ4v) is 5.45. The highest BCUT2D eigenvalue weighted by Gasteiger charge is 2.38. The summed E-state index contributed by atoms with van der Waals surface area (Å²) in [6.45, 7) is 0.396. The normalized spacial score (nSPS) is 16.6. The van der Waals surface area contributed by atoms with Gasteiger partial charge in [0, 0.05) is 24.0 Å². The molecule has 10 heteroatoms. The smallest absolute Gasteiger partial charge is 0.417 e. The van der Waals surface area contributed by atoms with Crippen LogP contribution in [-0.2, 0) is 17.5 Å². The number of carbonyl (C=O) groups is 2. The predicted molar refractivity (Wildman–Crippen MR) is 141 cm³/mol. The lowest BCUT2D eigenvalue weighted by atomic mass is 9.84. The maximum absolute atomic E-state index is 13.5. The van der Waals surface area contributed by atoms with Crippen LogP contribution in [0.25, 0.3) is 0 Å². The maximum atomic E-state index is 13.5. The van der Waals surface area contributed by atoms with Gasteiger partial charge in [-0.2, -0.15) is 13.2 Å². The van der Waals surface area contributed by atoms with Crippen molar-refractivity contribution in [2.75, 3.05) is 5.32 Å². The first-order chi connectivity index (χ1) is 18.7. The molecule has 1 aliphatic heterocycles. The van der Waals surface area contributed by atoms with Crippen molar-refractivity contribution in [2.24, 2.45) is 5.92 Å².